The molecule has 1 aromatic carbocycles. The maximum Gasteiger partial charge on any atom is 0.337 e. The minimum absolute atomic E-state index is 0.0447. The molecule has 0 spiro atoms. The monoisotopic (exact) mass is 266 g/mol. The second-order valence-corrected chi connectivity index (χ2v) is 5.12. The van der Waals surface area contributed by atoms with Crippen LogP contribution in [0.2, 0.25) is 0 Å². The Kier molecular flexibility index (Phi) is 4.04. The van der Waals surface area contributed by atoms with E-state index >= 15 is 0 Å². The molecule has 1 saturated heterocycles. The van der Waals surface area contributed by atoms with E-state index in [0.29, 0.717) is 19.1 Å². The Morgan fingerprint density at radius 3 is 2.53 bits per heavy atom. The second-order valence-electron chi connectivity index (χ2n) is 5.12. The fraction of sp³-hybridized carbons (Fsp3) is 0.500. The first-order valence-electron chi connectivity index (χ1n) is 6.44. The number of anilines is 1. The van der Waals surface area contributed by atoms with Gasteiger partial charge in [-0.25, -0.2) is 9.18 Å². The third-order valence-corrected chi connectivity index (χ3v) is 3.73. The second kappa shape index (κ2) is 5.57. The average Bonchev–Trinajstić information content (AvgIpc) is 2.38. The van der Waals surface area contributed by atoms with Crippen molar-refractivity contribution in [1.29, 1.82) is 0 Å². The molecule has 104 valence electrons. The molecule has 1 fully saturated rings. The van der Waals surface area contributed by atoms with Gasteiger partial charge in [-0.15, -0.1) is 0 Å². The highest BCUT2D eigenvalue weighted by Crippen LogP contribution is 2.28. The van der Waals surface area contributed by atoms with Crippen molar-refractivity contribution in [3.05, 3.63) is 29.6 Å². The summed E-state index contributed by atoms with van der Waals surface area (Å²) in [4.78, 5) is 15.2. The molecule has 1 aliphatic rings. The molecule has 1 heterocycles. The number of benzene rings is 1. The molecule has 0 atom stereocenters. The van der Waals surface area contributed by atoms with E-state index in [4.69, 9.17) is 5.11 Å². The first kappa shape index (κ1) is 13.8. The molecule has 1 N–H and O–H groups in total. The van der Waals surface area contributed by atoms with Crippen LogP contribution in [0.1, 0.15) is 23.2 Å². The van der Waals surface area contributed by atoms with Crippen LogP contribution in [0, 0.1) is 5.82 Å². The molecule has 0 unspecified atom stereocenters. The van der Waals surface area contributed by atoms with Crippen molar-refractivity contribution in [1.82, 2.24) is 4.90 Å². The summed E-state index contributed by atoms with van der Waals surface area (Å²) in [7, 11) is 4.07. The van der Waals surface area contributed by atoms with Crippen molar-refractivity contribution in [2.75, 3.05) is 32.1 Å². The van der Waals surface area contributed by atoms with E-state index in [0.717, 1.165) is 12.8 Å². The lowest BCUT2D eigenvalue weighted by atomic mass is 10.0. The summed E-state index contributed by atoms with van der Waals surface area (Å²) in [6.45, 7) is 1.37. The molecule has 1 aliphatic heterocycles. The molecule has 2 rings (SSSR count). The molecular formula is C14H19FN2O2. The van der Waals surface area contributed by atoms with Crippen molar-refractivity contribution in [3.8, 4) is 0 Å². The average molecular weight is 266 g/mol. The van der Waals surface area contributed by atoms with E-state index in [-0.39, 0.29) is 11.3 Å². The van der Waals surface area contributed by atoms with Crippen molar-refractivity contribution < 1.29 is 14.3 Å². The van der Waals surface area contributed by atoms with Crippen molar-refractivity contribution in [2.24, 2.45) is 0 Å². The van der Waals surface area contributed by atoms with Gasteiger partial charge in [-0.2, -0.15) is 0 Å². The summed E-state index contributed by atoms with van der Waals surface area (Å²) in [5.74, 6) is -1.53. The Bertz CT molecular complexity index is 469. The summed E-state index contributed by atoms with van der Waals surface area (Å²) >= 11 is 0. The zero-order chi connectivity index (χ0) is 14.0. The van der Waals surface area contributed by atoms with Gasteiger partial charge in [-0.3, -0.25) is 0 Å². The third-order valence-electron chi connectivity index (χ3n) is 3.73. The predicted octanol–water partition coefficient (Wildman–Crippen LogP) is 2.05. The maximum absolute atomic E-state index is 13.9. The standard InChI is InChI=1S/C14H19FN2O2/c1-16(2)10-6-8-17(9-7-10)13-11(14(18)19)4-3-5-12(13)15/h3-5,10H,6-9H2,1-2H3,(H,18,19). The van der Waals surface area contributed by atoms with Crippen LogP contribution in [-0.4, -0.2) is 49.2 Å². The number of carboxylic acid groups (broad SMARTS) is 1. The molecule has 1 aromatic rings. The molecule has 0 radical (unpaired) electrons. The topological polar surface area (TPSA) is 43.8 Å². The number of para-hydroxylation sites is 1. The molecule has 5 heteroatoms. The van der Waals surface area contributed by atoms with Crippen LogP contribution in [0.3, 0.4) is 0 Å². The molecule has 4 nitrogen and oxygen atoms in total. The van der Waals surface area contributed by atoms with Crippen LogP contribution in [0.4, 0.5) is 10.1 Å². The zero-order valence-electron chi connectivity index (χ0n) is 11.3. The lowest BCUT2D eigenvalue weighted by Gasteiger charge is -2.37. The van der Waals surface area contributed by atoms with E-state index < -0.39 is 11.8 Å². The molecule has 0 aliphatic carbocycles. The first-order valence-corrected chi connectivity index (χ1v) is 6.44. The van der Waals surface area contributed by atoms with Crippen LogP contribution in [0.25, 0.3) is 0 Å². The number of nitrogens with zero attached hydrogens (tertiary/aromatic N) is 2. The van der Waals surface area contributed by atoms with Gasteiger partial charge in [-0.05, 0) is 39.1 Å². The fourth-order valence-electron chi connectivity index (χ4n) is 2.62. The minimum atomic E-state index is -1.08. The van der Waals surface area contributed by atoms with Gasteiger partial charge in [0.25, 0.3) is 0 Å². The van der Waals surface area contributed by atoms with Crippen LogP contribution in [0.5, 0.6) is 0 Å². The highest BCUT2D eigenvalue weighted by molar-refractivity contribution is 5.94. The number of halogens is 1. The summed E-state index contributed by atoms with van der Waals surface area (Å²) in [5.41, 5.74) is 0.274. The Hall–Kier alpha value is -1.62. The van der Waals surface area contributed by atoms with Gasteiger partial charge in [0, 0.05) is 19.1 Å². The van der Waals surface area contributed by atoms with E-state index in [9.17, 15) is 9.18 Å². The summed E-state index contributed by atoms with van der Waals surface area (Å²) in [6, 6.07) is 4.70. The largest absolute Gasteiger partial charge is 0.478 e. The van der Waals surface area contributed by atoms with Crippen molar-refractivity contribution in [2.45, 2.75) is 18.9 Å². The minimum Gasteiger partial charge on any atom is -0.478 e. The Morgan fingerprint density at radius 1 is 1.37 bits per heavy atom. The number of hydrogen-bond donors (Lipinski definition) is 1. The van der Waals surface area contributed by atoms with Crippen LogP contribution < -0.4 is 4.90 Å². The summed E-state index contributed by atoms with van der Waals surface area (Å²) in [5, 5.41) is 9.16. The SMILES string of the molecule is CN(C)C1CCN(c2c(F)cccc2C(=O)O)CC1. The van der Waals surface area contributed by atoms with Gasteiger partial charge < -0.3 is 14.9 Å². The van der Waals surface area contributed by atoms with E-state index in [1.54, 1.807) is 0 Å². The van der Waals surface area contributed by atoms with Gasteiger partial charge in [0.05, 0.1) is 11.3 Å². The van der Waals surface area contributed by atoms with Gasteiger partial charge in [0.1, 0.15) is 5.82 Å². The normalized spacial score (nSPS) is 16.9. The quantitative estimate of drug-likeness (QED) is 0.909. The first-order chi connectivity index (χ1) is 9.00. The third kappa shape index (κ3) is 2.87. The smallest absolute Gasteiger partial charge is 0.337 e. The molecule has 0 saturated carbocycles. The van der Waals surface area contributed by atoms with Crippen molar-refractivity contribution in [3.63, 3.8) is 0 Å². The lowest BCUT2D eigenvalue weighted by molar-refractivity contribution is 0.0697. The van der Waals surface area contributed by atoms with Gasteiger partial charge in [0.2, 0.25) is 0 Å². The van der Waals surface area contributed by atoms with Crippen LogP contribution in [0.15, 0.2) is 18.2 Å². The van der Waals surface area contributed by atoms with E-state index in [2.05, 4.69) is 4.90 Å². The number of carboxylic acids is 1. The van der Waals surface area contributed by atoms with Gasteiger partial charge in [-0.1, -0.05) is 6.07 Å². The summed E-state index contributed by atoms with van der Waals surface area (Å²) < 4.78 is 13.9. The number of rotatable bonds is 3. The molecular weight excluding hydrogens is 247 g/mol. The van der Waals surface area contributed by atoms with Gasteiger partial charge in [0.15, 0.2) is 0 Å². The van der Waals surface area contributed by atoms with Crippen molar-refractivity contribution >= 4 is 11.7 Å². The Morgan fingerprint density at radius 2 is 2.00 bits per heavy atom. The molecule has 0 bridgehead atoms. The predicted molar refractivity (Wildman–Crippen MR) is 72.3 cm³/mol. The van der Waals surface area contributed by atoms with Gasteiger partial charge >= 0.3 is 5.97 Å². The number of carbonyl (C=O) groups is 1. The maximum atomic E-state index is 13.9. The fourth-order valence-corrected chi connectivity index (χ4v) is 2.62. The number of hydrogen-bond acceptors (Lipinski definition) is 3. The molecule has 0 aromatic heterocycles. The lowest BCUT2D eigenvalue weighted by Crippen LogP contribution is -2.42. The van der Waals surface area contributed by atoms with Crippen LogP contribution >= 0.6 is 0 Å². The Balaban J connectivity index is 2.22. The van der Waals surface area contributed by atoms with E-state index in [1.807, 2.05) is 19.0 Å². The summed E-state index contributed by atoms with van der Waals surface area (Å²) in [6.07, 6.45) is 1.83. The van der Waals surface area contributed by atoms with E-state index in [1.165, 1.54) is 18.2 Å². The molecule has 0 amide bonds. The highest BCUT2D eigenvalue weighted by atomic mass is 19.1. The van der Waals surface area contributed by atoms with Crippen LogP contribution in [-0.2, 0) is 0 Å². The highest BCUT2D eigenvalue weighted by Gasteiger charge is 2.25. The molecule has 19 heavy (non-hydrogen) atoms. The zero-order valence-corrected chi connectivity index (χ0v) is 11.3. The number of piperidine rings is 1. The Labute approximate surface area is 112 Å². The number of aromatic carboxylic acids is 1.